The molecule has 0 saturated carbocycles. The third kappa shape index (κ3) is 3.13. The highest BCUT2D eigenvalue weighted by atomic mass is 19.1. The lowest BCUT2D eigenvalue weighted by molar-refractivity contribution is 0.183. The van der Waals surface area contributed by atoms with Crippen LogP contribution in [-0.4, -0.2) is 17.8 Å². The molecule has 15 heavy (non-hydrogen) atoms. The van der Waals surface area contributed by atoms with Gasteiger partial charge in [0.1, 0.15) is 11.5 Å². The van der Waals surface area contributed by atoms with E-state index in [4.69, 9.17) is 0 Å². The molecule has 0 saturated heterocycles. The molecule has 0 spiro atoms. The second kappa shape index (κ2) is 5.02. The van der Waals surface area contributed by atoms with Crippen molar-refractivity contribution in [2.24, 2.45) is 0 Å². The maximum atomic E-state index is 13.0. The number of aliphatic hydroxyl groups is 1. The van der Waals surface area contributed by atoms with Crippen molar-refractivity contribution in [2.45, 2.75) is 19.4 Å². The molecule has 0 aliphatic carbocycles. The Bertz CT molecular complexity index is 320. The summed E-state index contributed by atoms with van der Waals surface area (Å²) in [5, 5.41) is 11.6. The smallest absolute Gasteiger partial charge is 0.152 e. The average Bonchev–Trinajstić information content (AvgIpc) is 2.15. The van der Waals surface area contributed by atoms with Crippen LogP contribution in [0.4, 0.5) is 18.9 Å². The molecule has 0 heterocycles. The molecule has 0 bridgehead atoms. The summed E-state index contributed by atoms with van der Waals surface area (Å²) in [6, 6.07) is 1.17. The molecule has 0 radical (unpaired) electrons. The lowest BCUT2D eigenvalue weighted by Crippen LogP contribution is -2.19. The van der Waals surface area contributed by atoms with E-state index in [-0.39, 0.29) is 6.54 Å². The monoisotopic (exact) mass is 219 g/mol. The molecule has 2 nitrogen and oxygen atoms in total. The van der Waals surface area contributed by atoms with Crippen molar-refractivity contribution in [1.29, 1.82) is 0 Å². The fourth-order valence-corrected chi connectivity index (χ4v) is 1.08. The van der Waals surface area contributed by atoms with Crippen molar-refractivity contribution in [3.8, 4) is 0 Å². The Labute approximate surface area is 85.7 Å². The van der Waals surface area contributed by atoms with Gasteiger partial charge in [-0.1, -0.05) is 6.92 Å². The van der Waals surface area contributed by atoms with Gasteiger partial charge in [0.25, 0.3) is 0 Å². The molecular weight excluding hydrogens is 207 g/mol. The standard InChI is InChI=1S/C10H12F3NO/c1-2-7(15)5-14-10-8(12)3-6(11)4-9(10)13/h3-4,7,14-15H,2,5H2,1H3. The largest absolute Gasteiger partial charge is 0.391 e. The van der Waals surface area contributed by atoms with Gasteiger partial charge in [-0.25, -0.2) is 13.2 Å². The Kier molecular flexibility index (Phi) is 3.96. The van der Waals surface area contributed by atoms with Crippen molar-refractivity contribution < 1.29 is 18.3 Å². The van der Waals surface area contributed by atoms with Gasteiger partial charge in [-0.15, -0.1) is 0 Å². The Morgan fingerprint density at radius 1 is 1.27 bits per heavy atom. The Hall–Kier alpha value is -1.23. The van der Waals surface area contributed by atoms with E-state index in [2.05, 4.69) is 5.32 Å². The molecule has 1 unspecified atom stereocenters. The van der Waals surface area contributed by atoms with Gasteiger partial charge in [0.2, 0.25) is 0 Å². The molecule has 1 aromatic carbocycles. The number of aliphatic hydroxyl groups excluding tert-OH is 1. The highest BCUT2D eigenvalue weighted by molar-refractivity contribution is 5.46. The summed E-state index contributed by atoms with van der Waals surface area (Å²) in [5.74, 6) is -2.97. The molecule has 2 N–H and O–H groups in total. The van der Waals surface area contributed by atoms with Gasteiger partial charge in [-0.3, -0.25) is 0 Å². The van der Waals surface area contributed by atoms with Gasteiger partial charge in [0.15, 0.2) is 11.6 Å². The van der Waals surface area contributed by atoms with E-state index < -0.39 is 29.2 Å². The van der Waals surface area contributed by atoms with Crippen LogP contribution in [0.5, 0.6) is 0 Å². The van der Waals surface area contributed by atoms with Gasteiger partial charge in [0.05, 0.1) is 6.10 Å². The normalized spacial score (nSPS) is 12.6. The maximum Gasteiger partial charge on any atom is 0.152 e. The minimum absolute atomic E-state index is 0.0238. The molecule has 5 heteroatoms. The van der Waals surface area contributed by atoms with Gasteiger partial charge < -0.3 is 10.4 Å². The fraction of sp³-hybridized carbons (Fsp3) is 0.400. The molecule has 0 aromatic heterocycles. The first-order chi connectivity index (χ1) is 7.04. The minimum atomic E-state index is -1.00. The first-order valence-electron chi connectivity index (χ1n) is 4.61. The lowest BCUT2D eigenvalue weighted by atomic mass is 10.2. The summed E-state index contributed by atoms with van der Waals surface area (Å²) >= 11 is 0. The van der Waals surface area contributed by atoms with Crippen LogP contribution in [0.3, 0.4) is 0 Å². The molecular formula is C10H12F3NO. The summed E-state index contributed by atoms with van der Waals surface area (Å²) in [6.07, 6.45) is -0.217. The minimum Gasteiger partial charge on any atom is -0.391 e. The number of rotatable bonds is 4. The quantitative estimate of drug-likeness (QED) is 0.814. The van der Waals surface area contributed by atoms with E-state index in [1.165, 1.54) is 0 Å². The summed E-state index contributed by atoms with van der Waals surface area (Å²) in [5.41, 5.74) is -0.413. The summed E-state index contributed by atoms with van der Waals surface area (Å²) in [7, 11) is 0. The zero-order valence-electron chi connectivity index (χ0n) is 8.23. The predicted molar refractivity (Wildman–Crippen MR) is 51.1 cm³/mol. The Morgan fingerprint density at radius 3 is 2.27 bits per heavy atom. The number of benzene rings is 1. The highest BCUT2D eigenvalue weighted by Gasteiger charge is 2.11. The van der Waals surface area contributed by atoms with Crippen LogP contribution >= 0.6 is 0 Å². The van der Waals surface area contributed by atoms with E-state index in [1.54, 1.807) is 6.92 Å². The molecule has 0 aliphatic rings. The first kappa shape index (κ1) is 11.8. The SMILES string of the molecule is CCC(O)CNc1c(F)cc(F)cc1F. The predicted octanol–water partition coefficient (Wildman–Crippen LogP) is 2.29. The van der Waals surface area contributed by atoms with Crippen molar-refractivity contribution in [2.75, 3.05) is 11.9 Å². The molecule has 0 amide bonds. The lowest BCUT2D eigenvalue weighted by Gasteiger charge is -2.12. The number of hydrogen-bond donors (Lipinski definition) is 2. The second-order valence-corrected chi connectivity index (χ2v) is 3.19. The van der Waals surface area contributed by atoms with Crippen LogP contribution in [0.25, 0.3) is 0 Å². The zero-order valence-corrected chi connectivity index (χ0v) is 8.23. The Morgan fingerprint density at radius 2 is 1.80 bits per heavy atom. The number of hydrogen-bond acceptors (Lipinski definition) is 2. The van der Waals surface area contributed by atoms with E-state index in [9.17, 15) is 18.3 Å². The molecule has 1 rings (SSSR count). The van der Waals surface area contributed by atoms with Crippen LogP contribution in [0.15, 0.2) is 12.1 Å². The average molecular weight is 219 g/mol. The van der Waals surface area contributed by atoms with E-state index in [1.807, 2.05) is 0 Å². The van der Waals surface area contributed by atoms with Gasteiger partial charge in [0, 0.05) is 18.7 Å². The molecule has 0 fully saturated rings. The van der Waals surface area contributed by atoms with Gasteiger partial charge >= 0.3 is 0 Å². The van der Waals surface area contributed by atoms with Crippen molar-refractivity contribution >= 4 is 5.69 Å². The summed E-state index contributed by atoms with van der Waals surface area (Å²) in [4.78, 5) is 0. The van der Waals surface area contributed by atoms with Crippen LogP contribution < -0.4 is 5.32 Å². The fourth-order valence-electron chi connectivity index (χ4n) is 1.08. The van der Waals surface area contributed by atoms with E-state index in [0.29, 0.717) is 18.6 Å². The maximum absolute atomic E-state index is 13.0. The highest BCUT2D eigenvalue weighted by Crippen LogP contribution is 2.19. The van der Waals surface area contributed by atoms with Gasteiger partial charge in [-0.05, 0) is 6.42 Å². The molecule has 0 aliphatic heterocycles. The van der Waals surface area contributed by atoms with E-state index >= 15 is 0 Å². The first-order valence-corrected chi connectivity index (χ1v) is 4.61. The zero-order chi connectivity index (χ0) is 11.4. The van der Waals surface area contributed by atoms with E-state index in [0.717, 1.165) is 0 Å². The summed E-state index contributed by atoms with van der Waals surface area (Å²) in [6.45, 7) is 1.76. The van der Waals surface area contributed by atoms with Crippen LogP contribution in [0.1, 0.15) is 13.3 Å². The third-order valence-corrected chi connectivity index (χ3v) is 1.99. The van der Waals surface area contributed by atoms with Crippen LogP contribution in [0.2, 0.25) is 0 Å². The topological polar surface area (TPSA) is 32.3 Å². The van der Waals surface area contributed by atoms with Crippen LogP contribution in [-0.2, 0) is 0 Å². The molecule has 1 aromatic rings. The van der Waals surface area contributed by atoms with Gasteiger partial charge in [-0.2, -0.15) is 0 Å². The molecule has 84 valence electrons. The number of nitrogens with one attached hydrogen (secondary N) is 1. The van der Waals surface area contributed by atoms with Crippen molar-refractivity contribution in [3.05, 3.63) is 29.6 Å². The third-order valence-electron chi connectivity index (χ3n) is 1.99. The van der Waals surface area contributed by atoms with Crippen molar-refractivity contribution in [1.82, 2.24) is 0 Å². The van der Waals surface area contributed by atoms with Crippen LogP contribution in [0, 0.1) is 17.5 Å². The number of halogens is 3. The Balaban J connectivity index is 2.77. The summed E-state index contributed by atoms with van der Waals surface area (Å²) < 4.78 is 38.6. The molecule has 1 atom stereocenters. The number of anilines is 1. The second-order valence-electron chi connectivity index (χ2n) is 3.19. The van der Waals surface area contributed by atoms with Crippen molar-refractivity contribution in [3.63, 3.8) is 0 Å².